The van der Waals surface area contributed by atoms with Crippen molar-refractivity contribution in [2.24, 2.45) is 29.6 Å². The molecular weight excluding hydrogens is 290 g/mol. The van der Waals surface area contributed by atoms with Gasteiger partial charge in [0.2, 0.25) is 0 Å². The van der Waals surface area contributed by atoms with Gasteiger partial charge < -0.3 is 0 Å². The van der Waals surface area contributed by atoms with Gasteiger partial charge in [-0.3, -0.25) is 0 Å². The Morgan fingerprint density at radius 2 is 1.26 bits per heavy atom. The molecule has 0 aliphatic heterocycles. The van der Waals surface area contributed by atoms with Gasteiger partial charge in [0.1, 0.15) is 12.3 Å². The van der Waals surface area contributed by atoms with E-state index in [4.69, 9.17) is 0 Å². The summed E-state index contributed by atoms with van der Waals surface area (Å²) in [6.45, 7) is 2.31. The summed E-state index contributed by atoms with van der Waals surface area (Å²) in [6.07, 6.45) is 13.4. The fraction of sp³-hybridized carbons (Fsp3) is 1.00. The Kier molecular flexibility index (Phi) is 6.38. The lowest BCUT2D eigenvalue weighted by Crippen LogP contribution is -2.35. The maximum atomic E-state index is 14.2. The van der Waals surface area contributed by atoms with Crippen LogP contribution in [-0.4, -0.2) is 12.3 Å². The van der Waals surface area contributed by atoms with Gasteiger partial charge in [-0.2, -0.15) is 0 Å². The van der Waals surface area contributed by atoms with E-state index in [1.165, 1.54) is 64.2 Å². The lowest BCUT2D eigenvalue weighted by molar-refractivity contribution is 0.0378. The first-order chi connectivity index (χ1) is 11.2. The van der Waals surface area contributed by atoms with Gasteiger partial charge in [-0.15, -0.1) is 0 Å². The summed E-state index contributed by atoms with van der Waals surface area (Å²) in [5.41, 5.74) is 0. The molecular formula is C21H36F2. The van der Waals surface area contributed by atoms with Crippen LogP contribution in [-0.2, 0) is 0 Å². The number of hydrogen-bond acceptors (Lipinski definition) is 0. The Labute approximate surface area is 141 Å². The number of halogens is 2. The Bertz CT molecular complexity index is 340. The summed E-state index contributed by atoms with van der Waals surface area (Å²) in [6, 6.07) is 0. The molecule has 3 rings (SSSR count). The zero-order chi connectivity index (χ0) is 16.2. The highest BCUT2D eigenvalue weighted by Gasteiger charge is 2.38. The molecule has 0 radical (unpaired) electrons. The zero-order valence-electron chi connectivity index (χ0n) is 15.0. The summed E-state index contributed by atoms with van der Waals surface area (Å²) in [5.74, 6) is 3.57. The van der Waals surface area contributed by atoms with Gasteiger partial charge >= 0.3 is 0 Å². The number of hydrogen-bond donors (Lipinski definition) is 0. The molecule has 134 valence electrons. The molecule has 3 unspecified atom stereocenters. The third kappa shape index (κ3) is 4.48. The van der Waals surface area contributed by atoms with Crippen molar-refractivity contribution < 1.29 is 8.78 Å². The van der Waals surface area contributed by atoms with Crippen LogP contribution in [0.5, 0.6) is 0 Å². The van der Waals surface area contributed by atoms with Crippen LogP contribution in [0.2, 0.25) is 0 Å². The molecule has 2 heteroatoms. The average molecular weight is 327 g/mol. The normalized spacial score (nSPS) is 45.8. The zero-order valence-corrected chi connectivity index (χ0v) is 15.0. The van der Waals surface area contributed by atoms with Crippen LogP contribution in [0.1, 0.15) is 90.4 Å². The van der Waals surface area contributed by atoms with Crippen LogP contribution < -0.4 is 0 Å². The highest BCUT2D eigenvalue weighted by Crippen LogP contribution is 2.46. The molecule has 3 aliphatic carbocycles. The fourth-order valence-corrected chi connectivity index (χ4v) is 6.02. The van der Waals surface area contributed by atoms with E-state index in [1.54, 1.807) is 0 Å². The SMILES string of the molecule is CCCC1CCC(C2CCC(C3CCC(F)CC3F)CC2)CC1. The van der Waals surface area contributed by atoms with Crippen LogP contribution in [0.15, 0.2) is 0 Å². The summed E-state index contributed by atoms with van der Waals surface area (Å²) in [5, 5.41) is 0. The standard InChI is InChI=1S/C21H36F2/c1-2-3-15-4-6-16(7-5-15)17-8-10-18(11-9-17)20-13-12-19(22)14-21(20)23/h15-21H,2-14H2,1H3. The van der Waals surface area contributed by atoms with Crippen LogP contribution in [0.4, 0.5) is 8.78 Å². The van der Waals surface area contributed by atoms with E-state index in [0.717, 1.165) is 24.2 Å². The highest BCUT2D eigenvalue weighted by molar-refractivity contribution is 4.89. The first kappa shape index (κ1) is 17.7. The molecule has 0 saturated heterocycles. The van der Waals surface area contributed by atoms with E-state index >= 15 is 0 Å². The lowest BCUT2D eigenvalue weighted by Gasteiger charge is -2.41. The second-order valence-corrected chi connectivity index (χ2v) is 8.83. The second-order valence-electron chi connectivity index (χ2n) is 8.83. The molecule has 0 spiro atoms. The molecule has 3 aliphatic rings. The molecule has 0 aromatic heterocycles. The third-order valence-electron chi connectivity index (χ3n) is 7.44. The maximum Gasteiger partial charge on any atom is 0.106 e. The van der Waals surface area contributed by atoms with Crippen LogP contribution >= 0.6 is 0 Å². The Morgan fingerprint density at radius 1 is 0.696 bits per heavy atom. The van der Waals surface area contributed by atoms with Gasteiger partial charge in [0, 0.05) is 6.42 Å². The number of alkyl halides is 2. The van der Waals surface area contributed by atoms with Crippen molar-refractivity contribution in [1.29, 1.82) is 0 Å². The van der Waals surface area contributed by atoms with Gasteiger partial charge in [-0.05, 0) is 81.0 Å². The molecule has 3 saturated carbocycles. The van der Waals surface area contributed by atoms with Crippen molar-refractivity contribution in [1.82, 2.24) is 0 Å². The van der Waals surface area contributed by atoms with Gasteiger partial charge in [0.05, 0.1) is 0 Å². The van der Waals surface area contributed by atoms with Crippen molar-refractivity contribution >= 4 is 0 Å². The molecule has 0 heterocycles. The first-order valence-electron chi connectivity index (χ1n) is 10.5. The van der Waals surface area contributed by atoms with E-state index in [0.29, 0.717) is 12.3 Å². The molecule has 0 aromatic rings. The third-order valence-corrected chi connectivity index (χ3v) is 7.44. The van der Waals surface area contributed by atoms with E-state index in [-0.39, 0.29) is 12.3 Å². The number of rotatable bonds is 4. The van der Waals surface area contributed by atoms with Crippen molar-refractivity contribution in [3.05, 3.63) is 0 Å². The minimum Gasteiger partial charge on any atom is -0.247 e. The van der Waals surface area contributed by atoms with Gasteiger partial charge in [-0.25, -0.2) is 8.78 Å². The van der Waals surface area contributed by atoms with E-state index < -0.39 is 12.3 Å². The predicted octanol–water partition coefficient (Wildman–Crippen LogP) is 6.88. The van der Waals surface area contributed by atoms with Gasteiger partial charge in [-0.1, -0.05) is 32.6 Å². The fourth-order valence-electron chi connectivity index (χ4n) is 6.02. The average Bonchev–Trinajstić information content (AvgIpc) is 2.56. The minimum atomic E-state index is -0.879. The van der Waals surface area contributed by atoms with Crippen LogP contribution in [0.3, 0.4) is 0 Å². The second kappa shape index (κ2) is 8.30. The largest absolute Gasteiger partial charge is 0.247 e. The quantitative estimate of drug-likeness (QED) is 0.528. The Balaban J connectivity index is 1.42. The molecule has 0 nitrogen and oxygen atoms in total. The topological polar surface area (TPSA) is 0 Å². The smallest absolute Gasteiger partial charge is 0.106 e. The molecule has 0 bridgehead atoms. The van der Waals surface area contributed by atoms with Crippen molar-refractivity contribution in [2.45, 2.75) is 103 Å². The first-order valence-corrected chi connectivity index (χ1v) is 10.5. The summed E-state index contributed by atoms with van der Waals surface area (Å²) in [4.78, 5) is 0. The summed E-state index contributed by atoms with van der Waals surface area (Å²) < 4.78 is 27.5. The van der Waals surface area contributed by atoms with Crippen molar-refractivity contribution in [3.63, 3.8) is 0 Å². The lowest BCUT2D eigenvalue weighted by atomic mass is 9.65. The summed E-state index contributed by atoms with van der Waals surface area (Å²) in [7, 11) is 0. The molecule has 0 amide bonds. The molecule has 3 fully saturated rings. The minimum absolute atomic E-state index is 0.170. The predicted molar refractivity (Wildman–Crippen MR) is 92.9 cm³/mol. The maximum absolute atomic E-state index is 14.2. The van der Waals surface area contributed by atoms with E-state index in [2.05, 4.69) is 6.92 Å². The van der Waals surface area contributed by atoms with Crippen molar-refractivity contribution in [3.8, 4) is 0 Å². The molecule has 0 N–H and O–H groups in total. The van der Waals surface area contributed by atoms with Crippen LogP contribution in [0, 0.1) is 29.6 Å². The van der Waals surface area contributed by atoms with Gasteiger partial charge in [0.25, 0.3) is 0 Å². The van der Waals surface area contributed by atoms with Gasteiger partial charge in [0.15, 0.2) is 0 Å². The monoisotopic (exact) mass is 326 g/mol. The van der Waals surface area contributed by atoms with Crippen molar-refractivity contribution in [2.75, 3.05) is 0 Å². The van der Waals surface area contributed by atoms with Crippen LogP contribution in [0.25, 0.3) is 0 Å². The van der Waals surface area contributed by atoms with E-state index in [9.17, 15) is 8.78 Å². The molecule has 3 atom stereocenters. The Hall–Kier alpha value is -0.140. The Morgan fingerprint density at radius 3 is 1.83 bits per heavy atom. The molecule has 23 heavy (non-hydrogen) atoms. The molecule has 0 aromatic carbocycles. The summed E-state index contributed by atoms with van der Waals surface area (Å²) >= 11 is 0. The highest BCUT2D eigenvalue weighted by atomic mass is 19.1. The van der Waals surface area contributed by atoms with E-state index in [1.807, 2.05) is 0 Å².